The zero-order valence-electron chi connectivity index (χ0n) is 12.6. The quantitative estimate of drug-likeness (QED) is 0.919. The van der Waals surface area contributed by atoms with Gasteiger partial charge < -0.3 is 9.84 Å². The largest absolute Gasteiger partial charge is 0.360 e. The number of anilines is 1. The molecule has 1 N–H and O–H groups in total. The highest BCUT2D eigenvalue weighted by Crippen LogP contribution is 2.24. The summed E-state index contributed by atoms with van der Waals surface area (Å²) in [7, 11) is 0. The highest BCUT2D eigenvalue weighted by Gasteiger charge is 2.22. The minimum Gasteiger partial charge on any atom is -0.360 e. The van der Waals surface area contributed by atoms with Gasteiger partial charge in [0.25, 0.3) is 5.91 Å². The van der Waals surface area contributed by atoms with Crippen LogP contribution in [0.4, 0.5) is 5.69 Å². The number of rotatable bonds is 3. The average Bonchev–Trinajstić information content (AvgIpc) is 2.75. The van der Waals surface area contributed by atoms with Crippen LogP contribution >= 0.6 is 0 Å². The zero-order valence-corrected chi connectivity index (χ0v) is 12.6. The number of amides is 1. The molecular weight excluding hydrogens is 252 g/mol. The molecule has 0 saturated heterocycles. The Hall–Kier alpha value is -2.10. The fourth-order valence-corrected chi connectivity index (χ4v) is 2.20. The molecule has 1 amide bonds. The van der Waals surface area contributed by atoms with Crippen molar-refractivity contribution in [2.75, 3.05) is 5.32 Å². The van der Waals surface area contributed by atoms with Crippen LogP contribution < -0.4 is 5.32 Å². The van der Waals surface area contributed by atoms with E-state index in [1.807, 2.05) is 45.9 Å². The second-order valence-electron chi connectivity index (χ2n) is 5.43. The van der Waals surface area contributed by atoms with E-state index in [-0.39, 0.29) is 11.8 Å². The van der Waals surface area contributed by atoms with Crippen molar-refractivity contribution in [2.45, 2.75) is 40.5 Å². The fourth-order valence-electron chi connectivity index (χ4n) is 2.20. The van der Waals surface area contributed by atoms with Crippen LogP contribution in [0.3, 0.4) is 0 Å². The molecule has 0 atom stereocenters. The first-order chi connectivity index (χ1) is 9.40. The second kappa shape index (κ2) is 5.49. The van der Waals surface area contributed by atoms with E-state index in [1.54, 1.807) is 6.92 Å². The first-order valence-corrected chi connectivity index (χ1v) is 6.75. The maximum Gasteiger partial charge on any atom is 0.261 e. The molecule has 0 radical (unpaired) electrons. The molecule has 2 rings (SSSR count). The summed E-state index contributed by atoms with van der Waals surface area (Å²) in [5.41, 5.74) is 4.19. The van der Waals surface area contributed by atoms with E-state index in [0.29, 0.717) is 17.0 Å². The summed E-state index contributed by atoms with van der Waals surface area (Å²) in [6.07, 6.45) is 0. The van der Waals surface area contributed by atoms with Crippen molar-refractivity contribution in [2.24, 2.45) is 0 Å². The molecule has 1 heterocycles. The first-order valence-electron chi connectivity index (χ1n) is 6.75. The molecule has 20 heavy (non-hydrogen) atoms. The predicted octanol–water partition coefficient (Wildman–Crippen LogP) is 3.98. The van der Waals surface area contributed by atoms with Gasteiger partial charge in [0.15, 0.2) is 5.76 Å². The number of nitrogens with one attached hydrogen (secondary N) is 1. The van der Waals surface area contributed by atoms with Gasteiger partial charge in [0, 0.05) is 11.6 Å². The predicted molar refractivity (Wildman–Crippen MR) is 79.2 cm³/mol. The minimum absolute atomic E-state index is 0.121. The molecule has 1 aromatic heterocycles. The minimum atomic E-state index is -0.167. The Morgan fingerprint density at radius 1 is 1.25 bits per heavy atom. The molecule has 2 aromatic rings. The lowest BCUT2D eigenvalue weighted by atomic mass is 10.0. The molecule has 0 saturated carbocycles. The lowest BCUT2D eigenvalue weighted by Gasteiger charge is -2.10. The Bertz CT molecular complexity index is 642. The van der Waals surface area contributed by atoms with Crippen LogP contribution in [0.15, 0.2) is 22.7 Å². The molecule has 0 aliphatic carbocycles. The van der Waals surface area contributed by atoms with Gasteiger partial charge in [-0.05, 0) is 32.4 Å². The van der Waals surface area contributed by atoms with Crippen molar-refractivity contribution in [1.29, 1.82) is 0 Å². The third kappa shape index (κ3) is 2.74. The van der Waals surface area contributed by atoms with Gasteiger partial charge >= 0.3 is 0 Å². The summed E-state index contributed by atoms with van der Waals surface area (Å²) in [6.45, 7) is 9.75. The van der Waals surface area contributed by atoms with Crippen LogP contribution in [0.5, 0.6) is 0 Å². The highest BCUT2D eigenvalue weighted by atomic mass is 16.5. The molecule has 0 spiro atoms. The summed E-state index contributed by atoms with van der Waals surface area (Å²) < 4.78 is 5.25. The maximum absolute atomic E-state index is 12.4. The number of nitrogens with zero attached hydrogens (tertiary/aromatic N) is 1. The Morgan fingerprint density at radius 2 is 1.95 bits per heavy atom. The van der Waals surface area contributed by atoms with Gasteiger partial charge in [-0.15, -0.1) is 0 Å². The van der Waals surface area contributed by atoms with Crippen LogP contribution in [0.1, 0.15) is 52.7 Å². The topological polar surface area (TPSA) is 55.1 Å². The Labute approximate surface area is 119 Å². The molecular formula is C16H20N2O2. The molecule has 0 aliphatic heterocycles. The normalized spacial score (nSPS) is 10.9. The van der Waals surface area contributed by atoms with Crippen molar-refractivity contribution in [1.82, 2.24) is 5.16 Å². The molecule has 4 nitrogen and oxygen atoms in total. The van der Waals surface area contributed by atoms with Crippen molar-refractivity contribution in [3.05, 3.63) is 46.3 Å². The van der Waals surface area contributed by atoms with Crippen LogP contribution in [-0.2, 0) is 0 Å². The third-order valence-corrected chi connectivity index (χ3v) is 3.27. The summed E-state index contributed by atoms with van der Waals surface area (Å²) in [4.78, 5) is 12.4. The zero-order chi connectivity index (χ0) is 14.9. The second-order valence-corrected chi connectivity index (χ2v) is 5.43. The Balaban J connectivity index is 2.31. The molecule has 106 valence electrons. The van der Waals surface area contributed by atoms with E-state index in [9.17, 15) is 4.79 Å². The molecule has 0 bridgehead atoms. The first kappa shape index (κ1) is 14.3. The van der Waals surface area contributed by atoms with Crippen LogP contribution in [-0.4, -0.2) is 11.1 Å². The summed E-state index contributed by atoms with van der Waals surface area (Å²) in [5.74, 6) is 0.584. The third-order valence-electron chi connectivity index (χ3n) is 3.27. The Morgan fingerprint density at radius 3 is 2.55 bits per heavy atom. The van der Waals surface area contributed by atoms with Gasteiger partial charge in [-0.2, -0.15) is 0 Å². The number of aromatic nitrogens is 1. The van der Waals surface area contributed by atoms with E-state index < -0.39 is 0 Å². The number of hydrogen-bond acceptors (Lipinski definition) is 3. The molecule has 0 unspecified atom stereocenters. The van der Waals surface area contributed by atoms with Crippen molar-refractivity contribution >= 4 is 11.6 Å². The van der Waals surface area contributed by atoms with Crippen molar-refractivity contribution in [3.63, 3.8) is 0 Å². The molecule has 1 aromatic carbocycles. The Kier molecular flexibility index (Phi) is 3.93. The van der Waals surface area contributed by atoms with Gasteiger partial charge in [-0.1, -0.05) is 36.7 Å². The molecule has 0 aliphatic rings. The van der Waals surface area contributed by atoms with E-state index in [1.165, 1.54) is 5.56 Å². The SMILES string of the molecule is Cc1ccc(NC(=O)c2c(C)noc2C(C)C)c(C)c1. The maximum atomic E-state index is 12.4. The molecule has 0 fully saturated rings. The fraction of sp³-hybridized carbons (Fsp3) is 0.375. The molecule has 4 heteroatoms. The summed E-state index contributed by atoms with van der Waals surface area (Å²) in [6, 6.07) is 5.94. The highest BCUT2D eigenvalue weighted by molar-refractivity contribution is 6.06. The smallest absolute Gasteiger partial charge is 0.261 e. The number of hydrogen-bond donors (Lipinski definition) is 1. The number of aryl methyl sites for hydroxylation is 3. The van der Waals surface area contributed by atoms with Crippen LogP contribution in [0.2, 0.25) is 0 Å². The van der Waals surface area contributed by atoms with Crippen LogP contribution in [0.25, 0.3) is 0 Å². The lowest BCUT2D eigenvalue weighted by Crippen LogP contribution is -2.15. The average molecular weight is 272 g/mol. The monoisotopic (exact) mass is 272 g/mol. The van der Waals surface area contributed by atoms with Gasteiger partial charge in [0.2, 0.25) is 0 Å². The van der Waals surface area contributed by atoms with E-state index in [2.05, 4.69) is 10.5 Å². The van der Waals surface area contributed by atoms with Gasteiger partial charge in [0.1, 0.15) is 5.56 Å². The number of carbonyl (C=O) groups excluding carboxylic acids is 1. The number of benzene rings is 1. The van der Waals surface area contributed by atoms with Crippen molar-refractivity contribution in [3.8, 4) is 0 Å². The standard InChI is InChI=1S/C16H20N2O2/c1-9(2)15-14(12(5)18-20-15)16(19)17-13-7-6-10(3)8-11(13)4/h6-9H,1-5H3,(H,17,19). The lowest BCUT2D eigenvalue weighted by molar-refractivity contribution is 0.102. The number of carbonyl (C=O) groups is 1. The summed E-state index contributed by atoms with van der Waals surface area (Å²) in [5, 5.41) is 6.84. The van der Waals surface area contributed by atoms with Crippen molar-refractivity contribution < 1.29 is 9.32 Å². The van der Waals surface area contributed by atoms with E-state index in [0.717, 1.165) is 11.3 Å². The summed E-state index contributed by atoms with van der Waals surface area (Å²) >= 11 is 0. The van der Waals surface area contributed by atoms with E-state index >= 15 is 0 Å². The van der Waals surface area contributed by atoms with Gasteiger partial charge in [-0.3, -0.25) is 4.79 Å². The van der Waals surface area contributed by atoms with Crippen LogP contribution in [0, 0.1) is 20.8 Å². The van der Waals surface area contributed by atoms with Gasteiger partial charge in [-0.25, -0.2) is 0 Å². The van der Waals surface area contributed by atoms with Gasteiger partial charge in [0.05, 0.1) is 5.69 Å². The van der Waals surface area contributed by atoms with E-state index in [4.69, 9.17) is 4.52 Å².